The van der Waals surface area contributed by atoms with Crippen LogP contribution in [-0.2, 0) is 6.54 Å². The first-order valence-corrected chi connectivity index (χ1v) is 10.5. The largest absolute Gasteiger partial charge is 0.379 e. The molecule has 5 rings (SSSR count). The van der Waals surface area contributed by atoms with E-state index in [1.165, 1.54) is 18.2 Å². The lowest BCUT2D eigenvalue weighted by Crippen LogP contribution is -2.26. The summed E-state index contributed by atoms with van der Waals surface area (Å²) in [6.07, 6.45) is 0. The quantitative estimate of drug-likeness (QED) is 0.414. The highest BCUT2D eigenvalue weighted by Crippen LogP contribution is 2.38. The van der Waals surface area contributed by atoms with Crippen LogP contribution in [0.3, 0.4) is 0 Å². The monoisotopic (exact) mass is 437 g/mol. The number of carbonyl (C=O) groups is 2. The van der Waals surface area contributed by atoms with Crippen LogP contribution in [-0.4, -0.2) is 11.8 Å². The number of nitrogens with zero attached hydrogens (tertiary/aromatic N) is 1. The van der Waals surface area contributed by atoms with Crippen LogP contribution in [0, 0.1) is 5.82 Å². The molecule has 2 amide bonds. The van der Waals surface area contributed by atoms with Gasteiger partial charge in [0.25, 0.3) is 11.8 Å². The number of hydrogen-bond acceptors (Lipinski definition) is 3. The topological polar surface area (TPSA) is 61.4 Å². The van der Waals surface area contributed by atoms with Crippen molar-refractivity contribution < 1.29 is 14.0 Å². The molecule has 0 atom stereocenters. The van der Waals surface area contributed by atoms with Gasteiger partial charge in [0.15, 0.2) is 0 Å². The maximum Gasteiger partial charge on any atom is 0.262 e. The summed E-state index contributed by atoms with van der Waals surface area (Å²) in [6.45, 7) is 0.613. The summed E-state index contributed by atoms with van der Waals surface area (Å²) in [5, 5.41) is 6.13. The van der Waals surface area contributed by atoms with Gasteiger partial charge in [-0.1, -0.05) is 36.4 Å². The Morgan fingerprint density at radius 2 is 1.52 bits per heavy atom. The Labute approximate surface area is 190 Å². The molecule has 0 aromatic heterocycles. The highest BCUT2D eigenvalue weighted by atomic mass is 19.1. The molecule has 1 heterocycles. The molecular formula is C27H20FN3O2. The Morgan fingerprint density at radius 1 is 0.788 bits per heavy atom. The van der Waals surface area contributed by atoms with E-state index in [1.807, 2.05) is 48.5 Å². The maximum atomic E-state index is 13.6. The number of anilines is 4. The summed E-state index contributed by atoms with van der Waals surface area (Å²) in [4.78, 5) is 27.7. The van der Waals surface area contributed by atoms with Crippen LogP contribution in [0.1, 0.15) is 26.3 Å². The number of carbonyl (C=O) groups excluding carboxylic acids is 2. The Hall–Kier alpha value is -4.45. The van der Waals surface area contributed by atoms with Crippen LogP contribution < -0.4 is 15.5 Å². The molecule has 4 aromatic rings. The van der Waals surface area contributed by atoms with Crippen LogP contribution in [0.25, 0.3) is 0 Å². The second-order valence-corrected chi connectivity index (χ2v) is 7.68. The van der Waals surface area contributed by atoms with Gasteiger partial charge in [0.1, 0.15) is 5.82 Å². The number of halogens is 1. The lowest BCUT2D eigenvalue weighted by molar-refractivity contribution is 0.0997. The van der Waals surface area contributed by atoms with Crippen molar-refractivity contribution in [2.45, 2.75) is 6.54 Å². The van der Waals surface area contributed by atoms with Crippen molar-refractivity contribution in [3.63, 3.8) is 0 Å². The Bertz CT molecular complexity index is 1300. The summed E-state index contributed by atoms with van der Waals surface area (Å²) >= 11 is 0. The predicted octanol–water partition coefficient (Wildman–Crippen LogP) is 5.98. The van der Waals surface area contributed by atoms with E-state index in [9.17, 15) is 14.0 Å². The molecule has 5 nitrogen and oxygen atoms in total. The van der Waals surface area contributed by atoms with E-state index in [1.54, 1.807) is 35.2 Å². The third kappa shape index (κ3) is 4.06. The molecule has 162 valence electrons. The summed E-state index contributed by atoms with van der Waals surface area (Å²) in [5.74, 6) is -1.08. The number of fused-ring (bicyclic) bond motifs is 2. The zero-order valence-corrected chi connectivity index (χ0v) is 17.6. The number of benzene rings is 4. The standard InChI is InChI=1S/C27H20FN3O2/c28-21-8-5-7-19(16-21)26(32)30-22-14-12-18(13-15-22)27(33)31-24-10-3-1-6-20(24)17-29-23-9-2-4-11-25(23)31/h1-16,29H,17H2,(H,30,32). The Morgan fingerprint density at radius 3 is 2.30 bits per heavy atom. The SMILES string of the molecule is O=C(Nc1ccc(C(=O)N2c3ccccc3CNc3ccccc32)cc1)c1cccc(F)c1. The zero-order chi connectivity index (χ0) is 22.8. The molecule has 0 spiro atoms. The van der Waals surface area contributed by atoms with Gasteiger partial charge >= 0.3 is 0 Å². The lowest BCUT2D eigenvalue weighted by Gasteiger charge is -2.24. The molecule has 0 saturated carbocycles. The fraction of sp³-hybridized carbons (Fsp3) is 0.0370. The number of amides is 2. The molecule has 4 aromatic carbocycles. The predicted molar refractivity (Wildman–Crippen MR) is 127 cm³/mol. The molecule has 0 bridgehead atoms. The normalized spacial score (nSPS) is 12.1. The van der Waals surface area contributed by atoms with Crippen molar-refractivity contribution in [2.75, 3.05) is 15.5 Å². The van der Waals surface area contributed by atoms with Crippen LogP contribution in [0.4, 0.5) is 27.1 Å². The molecule has 1 aliphatic rings. The van der Waals surface area contributed by atoms with E-state index in [4.69, 9.17) is 0 Å². The molecule has 6 heteroatoms. The average molecular weight is 437 g/mol. The van der Waals surface area contributed by atoms with Gasteiger partial charge in [-0.2, -0.15) is 0 Å². The smallest absolute Gasteiger partial charge is 0.262 e. The van der Waals surface area contributed by atoms with Crippen LogP contribution in [0.2, 0.25) is 0 Å². The van der Waals surface area contributed by atoms with Gasteiger partial charge in [-0.15, -0.1) is 0 Å². The van der Waals surface area contributed by atoms with E-state index in [0.29, 0.717) is 17.8 Å². The zero-order valence-electron chi connectivity index (χ0n) is 17.6. The summed E-state index contributed by atoms with van der Waals surface area (Å²) in [6, 6.07) is 27.7. The minimum atomic E-state index is -0.476. The molecule has 0 unspecified atom stereocenters. The first kappa shape index (κ1) is 20.5. The lowest BCUT2D eigenvalue weighted by atomic mass is 10.1. The summed E-state index contributed by atoms with van der Waals surface area (Å²) in [7, 11) is 0. The van der Waals surface area contributed by atoms with Crippen LogP contribution in [0.5, 0.6) is 0 Å². The molecule has 33 heavy (non-hydrogen) atoms. The van der Waals surface area contributed by atoms with Gasteiger partial charge in [0.2, 0.25) is 0 Å². The fourth-order valence-electron chi connectivity index (χ4n) is 3.89. The third-order valence-corrected chi connectivity index (χ3v) is 5.53. The molecule has 0 aliphatic carbocycles. The van der Waals surface area contributed by atoms with Gasteiger partial charge < -0.3 is 10.6 Å². The van der Waals surface area contributed by atoms with E-state index in [2.05, 4.69) is 10.6 Å². The summed E-state index contributed by atoms with van der Waals surface area (Å²) < 4.78 is 13.4. The van der Waals surface area contributed by atoms with Gasteiger partial charge in [-0.3, -0.25) is 14.5 Å². The highest BCUT2D eigenvalue weighted by molar-refractivity contribution is 6.13. The maximum absolute atomic E-state index is 13.6. The van der Waals surface area contributed by atoms with E-state index < -0.39 is 11.7 Å². The first-order valence-electron chi connectivity index (χ1n) is 10.5. The molecule has 1 aliphatic heterocycles. The van der Waals surface area contributed by atoms with Crippen molar-refractivity contribution in [3.8, 4) is 0 Å². The Kier molecular flexibility index (Phi) is 5.32. The number of rotatable bonds is 3. The van der Waals surface area contributed by atoms with Crippen molar-refractivity contribution >= 4 is 34.6 Å². The van der Waals surface area contributed by atoms with Crippen LogP contribution >= 0.6 is 0 Å². The molecule has 0 fully saturated rings. The third-order valence-electron chi connectivity index (χ3n) is 5.53. The number of nitrogens with one attached hydrogen (secondary N) is 2. The summed E-state index contributed by atoms with van der Waals surface area (Å²) in [5.41, 5.74) is 4.70. The van der Waals surface area contributed by atoms with Gasteiger partial charge in [-0.05, 0) is 66.2 Å². The molecule has 2 N–H and O–H groups in total. The molecule has 0 radical (unpaired) electrons. The van der Waals surface area contributed by atoms with Gasteiger partial charge in [0.05, 0.1) is 17.1 Å². The Balaban J connectivity index is 1.44. The van der Waals surface area contributed by atoms with Crippen molar-refractivity contribution in [2.24, 2.45) is 0 Å². The second-order valence-electron chi connectivity index (χ2n) is 7.68. The first-order chi connectivity index (χ1) is 16.1. The highest BCUT2D eigenvalue weighted by Gasteiger charge is 2.26. The van der Waals surface area contributed by atoms with Crippen molar-refractivity contribution in [3.05, 3.63) is 120 Å². The van der Waals surface area contributed by atoms with Crippen molar-refractivity contribution in [1.82, 2.24) is 0 Å². The number of para-hydroxylation sites is 3. The van der Waals surface area contributed by atoms with Crippen molar-refractivity contribution in [1.29, 1.82) is 0 Å². The molecular weight excluding hydrogens is 417 g/mol. The van der Waals surface area contributed by atoms with Gasteiger partial charge in [-0.25, -0.2) is 4.39 Å². The second kappa shape index (κ2) is 8.59. The minimum Gasteiger partial charge on any atom is -0.379 e. The average Bonchev–Trinajstić information content (AvgIpc) is 3.01. The molecule has 0 saturated heterocycles. The van der Waals surface area contributed by atoms with Crippen LogP contribution in [0.15, 0.2) is 97.1 Å². The van der Waals surface area contributed by atoms with E-state index in [-0.39, 0.29) is 11.5 Å². The van der Waals surface area contributed by atoms with E-state index in [0.717, 1.165) is 22.6 Å². The fourth-order valence-corrected chi connectivity index (χ4v) is 3.89. The number of hydrogen-bond donors (Lipinski definition) is 2. The minimum absolute atomic E-state index is 0.179. The van der Waals surface area contributed by atoms with Gasteiger partial charge in [0, 0.05) is 23.4 Å². The van der Waals surface area contributed by atoms with E-state index >= 15 is 0 Å².